The Bertz CT molecular complexity index is 1160. The maximum absolute atomic E-state index is 13.1. The fourth-order valence-electron chi connectivity index (χ4n) is 3.62. The Labute approximate surface area is 194 Å². The molecule has 0 N–H and O–H groups in total. The second kappa shape index (κ2) is 10.4. The number of hydrogen-bond acceptors (Lipinski definition) is 5. The van der Waals surface area contributed by atoms with Gasteiger partial charge < -0.3 is 9.80 Å². The number of benzene rings is 2. The van der Waals surface area contributed by atoms with E-state index in [2.05, 4.69) is 12.6 Å². The topological polar surface area (TPSA) is 102 Å². The van der Waals surface area contributed by atoms with Gasteiger partial charge in [-0.2, -0.15) is 9.57 Å². The van der Waals surface area contributed by atoms with E-state index in [0.29, 0.717) is 37.3 Å². The molecule has 0 aromatic heterocycles. The second-order valence-corrected chi connectivity index (χ2v) is 9.66. The van der Waals surface area contributed by atoms with Gasteiger partial charge in [0.05, 0.1) is 16.5 Å². The minimum absolute atomic E-state index is 0.0694. The smallest absolute Gasteiger partial charge is 0.254 e. The Morgan fingerprint density at radius 3 is 2.18 bits per heavy atom. The van der Waals surface area contributed by atoms with Gasteiger partial charge in [-0.3, -0.25) is 9.59 Å². The minimum atomic E-state index is -3.71. The quantitative estimate of drug-likeness (QED) is 0.583. The number of amides is 2. The summed E-state index contributed by atoms with van der Waals surface area (Å²) in [7, 11) is -3.71. The van der Waals surface area contributed by atoms with Gasteiger partial charge in [-0.15, -0.1) is 6.58 Å². The predicted molar refractivity (Wildman–Crippen MR) is 124 cm³/mol. The Balaban J connectivity index is 1.72. The third-order valence-electron chi connectivity index (χ3n) is 5.52. The van der Waals surface area contributed by atoms with Gasteiger partial charge in [-0.25, -0.2) is 8.42 Å². The maximum atomic E-state index is 13.1. The zero-order valence-corrected chi connectivity index (χ0v) is 19.3. The van der Waals surface area contributed by atoms with Crippen molar-refractivity contribution in [2.24, 2.45) is 0 Å². The number of piperazine rings is 1. The number of nitrogens with zero attached hydrogens (tertiary/aromatic N) is 4. The normalized spacial score (nSPS) is 14.4. The van der Waals surface area contributed by atoms with Crippen LogP contribution in [0.25, 0.3) is 0 Å². The van der Waals surface area contributed by atoms with Crippen molar-refractivity contribution in [3.8, 4) is 6.07 Å². The first-order chi connectivity index (χ1) is 15.8. The van der Waals surface area contributed by atoms with E-state index < -0.39 is 10.0 Å². The zero-order valence-electron chi connectivity index (χ0n) is 18.5. The molecule has 2 aromatic carbocycles. The van der Waals surface area contributed by atoms with Crippen LogP contribution in [0.1, 0.15) is 28.4 Å². The van der Waals surface area contributed by atoms with Gasteiger partial charge in [-0.05, 0) is 42.0 Å². The lowest BCUT2D eigenvalue weighted by Gasteiger charge is -2.33. The van der Waals surface area contributed by atoms with E-state index >= 15 is 0 Å². The highest BCUT2D eigenvalue weighted by Gasteiger charge is 2.29. The molecule has 8 nitrogen and oxygen atoms in total. The number of sulfonamides is 1. The maximum Gasteiger partial charge on any atom is 0.254 e. The summed E-state index contributed by atoms with van der Waals surface area (Å²) in [6.07, 6.45) is 1.63. The van der Waals surface area contributed by atoms with Crippen LogP contribution in [-0.2, 0) is 21.4 Å². The van der Waals surface area contributed by atoms with Gasteiger partial charge in [0.1, 0.15) is 0 Å². The van der Waals surface area contributed by atoms with Crippen molar-refractivity contribution in [2.75, 3.05) is 32.7 Å². The van der Waals surface area contributed by atoms with Crippen molar-refractivity contribution >= 4 is 21.8 Å². The van der Waals surface area contributed by atoms with Gasteiger partial charge >= 0.3 is 0 Å². The van der Waals surface area contributed by atoms with E-state index in [1.165, 1.54) is 35.5 Å². The van der Waals surface area contributed by atoms with Crippen LogP contribution >= 0.6 is 0 Å². The standard InChI is InChI=1S/C24H26N4O4S/c1-3-12-27(18-21-6-4-20(17-25)5-7-21)24(30)22-8-10-23(11-9-22)33(31,32)28-15-13-26(14-16-28)19(2)29/h3-11H,1,12-16,18H2,2H3. The molecule has 0 radical (unpaired) electrons. The zero-order chi connectivity index (χ0) is 24.0. The molecule has 1 aliphatic heterocycles. The van der Waals surface area contributed by atoms with Gasteiger partial charge in [0, 0.05) is 51.8 Å². The molecule has 1 fully saturated rings. The summed E-state index contributed by atoms with van der Waals surface area (Å²) in [5.41, 5.74) is 1.78. The van der Waals surface area contributed by atoms with Crippen molar-refractivity contribution in [3.63, 3.8) is 0 Å². The van der Waals surface area contributed by atoms with Crippen molar-refractivity contribution in [1.29, 1.82) is 5.26 Å². The molecule has 2 aromatic rings. The summed E-state index contributed by atoms with van der Waals surface area (Å²) >= 11 is 0. The Hall–Kier alpha value is -3.48. The van der Waals surface area contributed by atoms with Gasteiger partial charge in [0.25, 0.3) is 5.91 Å². The summed E-state index contributed by atoms with van der Waals surface area (Å²) in [6.45, 7) is 7.02. The van der Waals surface area contributed by atoms with Crippen molar-refractivity contribution in [3.05, 3.63) is 77.9 Å². The highest BCUT2D eigenvalue weighted by molar-refractivity contribution is 7.89. The van der Waals surface area contributed by atoms with E-state index in [9.17, 15) is 18.0 Å². The first-order valence-corrected chi connectivity index (χ1v) is 11.9. The average Bonchev–Trinajstić information content (AvgIpc) is 2.84. The molecule has 1 aliphatic rings. The summed E-state index contributed by atoms with van der Waals surface area (Å²) in [5, 5.41) is 8.94. The average molecular weight is 467 g/mol. The van der Waals surface area contributed by atoms with Crippen LogP contribution in [0.5, 0.6) is 0 Å². The molecule has 1 saturated heterocycles. The van der Waals surface area contributed by atoms with Gasteiger partial charge in [0.2, 0.25) is 15.9 Å². The van der Waals surface area contributed by atoms with Crippen LogP contribution < -0.4 is 0 Å². The molecular weight excluding hydrogens is 440 g/mol. The first kappa shape index (κ1) is 24.2. The highest BCUT2D eigenvalue weighted by Crippen LogP contribution is 2.20. The molecule has 33 heavy (non-hydrogen) atoms. The largest absolute Gasteiger partial charge is 0.340 e. The SMILES string of the molecule is C=CCN(Cc1ccc(C#N)cc1)C(=O)c1ccc(S(=O)(=O)N2CCN(C(C)=O)CC2)cc1. The molecule has 0 saturated carbocycles. The number of rotatable bonds is 7. The van der Waals surface area contributed by atoms with Crippen LogP contribution in [0.3, 0.4) is 0 Å². The highest BCUT2D eigenvalue weighted by atomic mass is 32.2. The Morgan fingerprint density at radius 2 is 1.67 bits per heavy atom. The molecule has 0 aliphatic carbocycles. The molecule has 0 atom stereocenters. The molecule has 3 rings (SSSR count). The first-order valence-electron chi connectivity index (χ1n) is 10.5. The van der Waals surface area contributed by atoms with E-state index in [4.69, 9.17) is 5.26 Å². The molecule has 172 valence electrons. The summed E-state index contributed by atoms with van der Waals surface area (Å²) in [5.74, 6) is -0.321. The lowest BCUT2D eigenvalue weighted by atomic mass is 10.1. The van der Waals surface area contributed by atoms with Crippen molar-refractivity contribution in [1.82, 2.24) is 14.1 Å². The molecule has 9 heteroatoms. The fraction of sp³-hybridized carbons (Fsp3) is 0.292. The number of carbonyl (C=O) groups is 2. The van der Waals surface area contributed by atoms with Gasteiger partial charge in [-0.1, -0.05) is 18.2 Å². The van der Waals surface area contributed by atoms with E-state index in [1.54, 1.807) is 40.1 Å². The van der Waals surface area contributed by atoms with Crippen molar-refractivity contribution < 1.29 is 18.0 Å². The van der Waals surface area contributed by atoms with E-state index in [-0.39, 0.29) is 29.8 Å². The summed E-state index contributed by atoms with van der Waals surface area (Å²) < 4.78 is 27.3. The van der Waals surface area contributed by atoms with Crippen LogP contribution in [0.15, 0.2) is 66.1 Å². The molecular formula is C24H26N4O4S. The number of carbonyl (C=O) groups excluding carboxylic acids is 2. The number of nitriles is 1. The van der Waals surface area contributed by atoms with Crippen LogP contribution in [0.4, 0.5) is 0 Å². The molecule has 1 heterocycles. The second-order valence-electron chi connectivity index (χ2n) is 7.72. The third-order valence-corrected chi connectivity index (χ3v) is 7.43. The lowest BCUT2D eigenvalue weighted by molar-refractivity contribution is -0.129. The third kappa shape index (κ3) is 5.66. The van der Waals surface area contributed by atoms with Crippen LogP contribution in [0.2, 0.25) is 0 Å². The molecule has 0 spiro atoms. The molecule has 2 amide bonds. The minimum Gasteiger partial charge on any atom is -0.340 e. The molecule has 0 bridgehead atoms. The van der Waals surface area contributed by atoms with E-state index in [1.807, 2.05) is 0 Å². The summed E-state index contributed by atoms with van der Waals surface area (Å²) in [6, 6.07) is 14.9. The Kier molecular flexibility index (Phi) is 7.63. The monoisotopic (exact) mass is 466 g/mol. The predicted octanol–water partition coefficient (Wildman–Crippen LogP) is 2.24. The number of hydrogen-bond donors (Lipinski definition) is 0. The van der Waals surface area contributed by atoms with Crippen molar-refractivity contribution in [2.45, 2.75) is 18.4 Å². The Morgan fingerprint density at radius 1 is 1.06 bits per heavy atom. The van der Waals surface area contributed by atoms with E-state index in [0.717, 1.165) is 5.56 Å². The van der Waals surface area contributed by atoms with Crippen LogP contribution in [0, 0.1) is 11.3 Å². The summed E-state index contributed by atoms with van der Waals surface area (Å²) in [4.78, 5) is 27.9. The molecule has 0 unspecified atom stereocenters. The van der Waals surface area contributed by atoms with Crippen LogP contribution in [-0.4, -0.2) is 67.1 Å². The fourth-order valence-corrected chi connectivity index (χ4v) is 5.05. The lowest BCUT2D eigenvalue weighted by Crippen LogP contribution is -2.49. The van der Waals surface area contributed by atoms with Gasteiger partial charge in [0.15, 0.2) is 0 Å².